The molecule has 0 spiro atoms. The molecule has 0 bridgehead atoms. The van der Waals surface area contributed by atoms with Crippen LogP contribution in [0.1, 0.15) is 18.9 Å². The second-order valence-corrected chi connectivity index (χ2v) is 6.01. The smallest absolute Gasteiger partial charge is 0.274 e. The predicted octanol–water partition coefficient (Wildman–Crippen LogP) is 3.36. The van der Waals surface area contributed by atoms with E-state index in [0.29, 0.717) is 27.5 Å². The number of nitro groups is 1. The van der Waals surface area contributed by atoms with E-state index in [9.17, 15) is 10.1 Å². The fourth-order valence-electron chi connectivity index (χ4n) is 1.33. The monoisotopic (exact) mass is 319 g/mol. The largest absolute Gasteiger partial charge is 0.396 e. The molecular weight excluding hydrogens is 306 g/mol. The van der Waals surface area contributed by atoms with E-state index in [1.165, 1.54) is 6.07 Å². The minimum atomic E-state index is -0.364. The van der Waals surface area contributed by atoms with Crippen molar-refractivity contribution in [1.29, 1.82) is 0 Å². The van der Waals surface area contributed by atoms with Crippen LogP contribution in [0.5, 0.6) is 0 Å². The van der Waals surface area contributed by atoms with Gasteiger partial charge >= 0.3 is 0 Å². The SMILES string of the molecule is CC(CCO)SCc1ccc(Br)cc1[N+](=O)[O-]. The molecule has 0 aliphatic rings. The van der Waals surface area contributed by atoms with Gasteiger partial charge in [-0.15, -0.1) is 0 Å². The Kier molecular flexibility index (Phi) is 5.94. The molecule has 0 amide bonds. The van der Waals surface area contributed by atoms with Crippen molar-refractivity contribution in [1.82, 2.24) is 0 Å². The Morgan fingerprint density at radius 1 is 1.59 bits per heavy atom. The van der Waals surface area contributed by atoms with E-state index in [0.717, 1.165) is 0 Å². The first-order valence-electron chi connectivity index (χ1n) is 5.20. The highest BCUT2D eigenvalue weighted by Gasteiger charge is 2.14. The Morgan fingerprint density at radius 2 is 2.29 bits per heavy atom. The Morgan fingerprint density at radius 3 is 2.88 bits per heavy atom. The summed E-state index contributed by atoms with van der Waals surface area (Å²) in [6.45, 7) is 2.15. The highest BCUT2D eigenvalue weighted by atomic mass is 79.9. The third-order valence-electron chi connectivity index (χ3n) is 2.30. The van der Waals surface area contributed by atoms with Gasteiger partial charge in [0.25, 0.3) is 5.69 Å². The van der Waals surface area contributed by atoms with E-state index in [-0.39, 0.29) is 17.2 Å². The van der Waals surface area contributed by atoms with Gasteiger partial charge in [-0.1, -0.05) is 28.9 Å². The Balaban J connectivity index is 2.73. The third kappa shape index (κ3) is 4.65. The number of benzene rings is 1. The summed E-state index contributed by atoms with van der Waals surface area (Å²) < 4.78 is 0.710. The molecule has 6 heteroatoms. The first kappa shape index (κ1) is 14.5. The maximum Gasteiger partial charge on any atom is 0.274 e. The molecule has 0 radical (unpaired) electrons. The molecule has 17 heavy (non-hydrogen) atoms. The van der Waals surface area contributed by atoms with Gasteiger partial charge in [-0.25, -0.2) is 0 Å². The molecule has 0 fully saturated rings. The summed E-state index contributed by atoms with van der Waals surface area (Å²) in [6, 6.07) is 5.09. The van der Waals surface area contributed by atoms with Gasteiger partial charge in [-0.3, -0.25) is 10.1 Å². The van der Waals surface area contributed by atoms with Crippen LogP contribution in [-0.4, -0.2) is 21.9 Å². The summed E-state index contributed by atoms with van der Waals surface area (Å²) in [5, 5.41) is 20.0. The summed E-state index contributed by atoms with van der Waals surface area (Å²) in [6.07, 6.45) is 0.703. The standard InChI is InChI=1S/C11H14BrNO3S/c1-8(4-5-14)17-7-9-2-3-10(12)6-11(9)13(15)16/h2-3,6,8,14H,4-5,7H2,1H3. The molecule has 0 saturated carbocycles. The second kappa shape index (κ2) is 6.98. The molecule has 1 N–H and O–H groups in total. The minimum Gasteiger partial charge on any atom is -0.396 e. The third-order valence-corrected chi connectivity index (χ3v) is 4.08. The van der Waals surface area contributed by atoms with Gasteiger partial charge in [0.05, 0.1) is 4.92 Å². The number of nitro benzene ring substituents is 1. The highest BCUT2D eigenvalue weighted by molar-refractivity contribution is 9.10. The zero-order chi connectivity index (χ0) is 12.8. The van der Waals surface area contributed by atoms with Crippen LogP contribution in [-0.2, 0) is 5.75 Å². The molecule has 4 nitrogen and oxygen atoms in total. The lowest BCUT2D eigenvalue weighted by atomic mass is 10.2. The molecule has 1 aromatic rings. The van der Waals surface area contributed by atoms with Crippen LogP contribution in [0, 0.1) is 10.1 Å². The van der Waals surface area contributed by atoms with Gasteiger partial charge in [0.2, 0.25) is 0 Å². The van der Waals surface area contributed by atoms with Crippen LogP contribution < -0.4 is 0 Å². The molecule has 1 aromatic carbocycles. The van der Waals surface area contributed by atoms with Crippen molar-refractivity contribution in [2.24, 2.45) is 0 Å². The molecule has 0 aliphatic carbocycles. The lowest BCUT2D eigenvalue weighted by Gasteiger charge is -2.09. The van der Waals surface area contributed by atoms with Gasteiger partial charge in [0.1, 0.15) is 0 Å². The van der Waals surface area contributed by atoms with Crippen LogP contribution in [0.15, 0.2) is 22.7 Å². The van der Waals surface area contributed by atoms with Gasteiger partial charge in [-0.05, 0) is 12.5 Å². The minimum absolute atomic E-state index is 0.142. The fraction of sp³-hybridized carbons (Fsp3) is 0.455. The molecular formula is C11H14BrNO3S. The molecule has 0 aromatic heterocycles. The van der Waals surface area contributed by atoms with E-state index in [1.807, 2.05) is 6.92 Å². The van der Waals surface area contributed by atoms with Crippen molar-refractivity contribution < 1.29 is 10.0 Å². The zero-order valence-corrected chi connectivity index (χ0v) is 11.8. The highest BCUT2D eigenvalue weighted by Crippen LogP contribution is 2.28. The quantitative estimate of drug-likeness (QED) is 0.645. The number of thioether (sulfide) groups is 1. The van der Waals surface area contributed by atoms with Gasteiger partial charge in [0.15, 0.2) is 0 Å². The summed E-state index contributed by atoms with van der Waals surface area (Å²) in [4.78, 5) is 10.5. The van der Waals surface area contributed by atoms with Crippen molar-refractivity contribution in [2.75, 3.05) is 6.61 Å². The summed E-state index contributed by atoms with van der Waals surface area (Å²) in [5.74, 6) is 0.588. The Labute approximate surface area is 113 Å². The number of hydrogen-bond acceptors (Lipinski definition) is 4. The maximum absolute atomic E-state index is 10.9. The van der Waals surface area contributed by atoms with Crippen molar-refractivity contribution in [3.05, 3.63) is 38.3 Å². The van der Waals surface area contributed by atoms with E-state index in [4.69, 9.17) is 5.11 Å². The van der Waals surface area contributed by atoms with Gasteiger partial charge in [-0.2, -0.15) is 11.8 Å². The molecule has 0 aliphatic heterocycles. The van der Waals surface area contributed by atoms with Crippen LogP contribution >= 0.6 is 27.7 Å². The van der Waals surface area contributed by atoms with Gasteiger partial charge in [0, 0.05) is 33.7 Å². The number of aliphatic hydroxyl groups is 1. The van der Waals surface area contributed by atoms with Crippen molar-refractivity contribution in [2.45, 2.75) is 24.3 Å². The zero-order valence-electron chi connectivity index (χ0n) is 9.43. The average molecular weight is 320 g/mol. The molecule has 94 valence electrons. The summed E-state index contributed by atoms with van der Waals surface area (Å²) in [7, 11) is 0. The molecule has 1 rings (SSSR count). The molecule has 1 atom stereocenters. The second-order valence-electron chi connectivity index (χ2n) is 3.66. The number of aliphatic hydroxyl groups excluding tert-OH is 1. The number of nitrogens with zero attached hydrogens (tertiary/aromatic N) is 1. The van der Waals surface area contributed by atoms with E-state index < -0.39 is 0 Å². The van der Waals surface area contributed by atoms with Crippen LogP contribution in [0.4, 0.5) is 5.69 Å². The van der Waals surface area contributed by atoms with Crippen molar-refractivity contribution in [3.63, 3.8) is 0 Å². The van der Waals surface area contributed by atoms with E-state index in [2.05, 4.69) is 15.9 Å². The summed E-state index contributed by atoms with van der Waals surface area (Å²) in [5.41, 5.74) is 0.857. The Bertz CT molecular complexity index is 400. The summed E-state index contributed by atoms with van der Waals surface area (Å²) >= 11 is 4.84. The van der Waals surface area contributed by atoms with Crippen LogP contribution in [0.3, 0.4) is 0 Å². The first-order valence-corrected chi connectivity index (χ1v) is 7.04. The predicted molar refractivity (Wildman–Crippen MR) is 73.3 cm³/mol. The van der Waals surface area contributed by atoms with Crippen LogP contribution in [0.25, 0.3) is 0 Å². The molecule has 1 unspecified atom stereocenters. The van der Waals surface area contributed by atoms with Crippen molar-refractivity contribution in [3.8, 4) is 0 Å². The molecule has 0 heterocycles. The molecule has 0 saturated heterocycles. The van der Waals surface area contributed by atoms with Gasteiger partial charge < -0.3 is 5.11 Å². The van der Waals surface area contributed by atoms with E-state index in [1.54, 1.807) is 23.9 Å². The average Bonchev–Trinajstić information content (AvgIpc) is 2.27. The number of hydrogen-bond donors (Lipinski definition) is 1. The normalized spacial score (nSPS) is 12.4. The Hall–Kier alpha value is -0.590. The maximum atomic E-state index is 10.9. The topological polar surface area (TPSA) is 63.4 Å². The van der Waals surface area contributed by atoms with Crippen molar-refractivity contribution >= 4 is 33.4 Å². The lowest BCUT2D eigenvalue weighted by Crippen LogP contribution is -2.01. The number of rotatable bonds is 6. The lowest BCUT2D eigenvalue weighted by molar-refractivity contribution is -0.385. The fourth-order valence-corrected chi connectivity index (χ4v) is 2.66. The van der Waals surface area contributed by atoms with Crippen LogP contribution in [0.2, 0.25) is 0 Å². The number of halogens is 1. The first-order chi connectivity index (χ1) is 8.04. The van der Waals surface area contributed by atoms with E-state index >= 15 is 0 Å².